The summed E-state index contributed by atoms with van der Waals surface area (Å²) in [7, 11) is 1.69. The molecule has 25 heavy (non-hydrogen) atoms. The largest absolute Gasteiger partial charge is 0.326 e. The number of nitrogens with zero attached hydrogens (tertiary/aromatic N) is 2. The van der Waals surface area contributed by atoms with Gasteiger partial charge in [-0.3, -0.25) is 14.5 Å². The molecule has 1 aliphatic heterocycles. The summed E-state index contributed by atoms with van der Waals surface area (Å²) in [6.45, 7) is 1.93. The van der Waals surface area contributed by atoms with Crippen molar-refractivity contribution in [3.05, 3.63) is 60.2 Å². The van der Waals surface area contributed by atoms with Crippen molar-refractivity contribution in [3.8, 4) is 0 Å². The second-order valence-corrected chi connectivity index (χ2v) is 6.97. The number of benzene rings is 2. The molecular weight excluding hydrogens is 334 g/mol. The van der Waals surface area contributed by atoms with Gasteiger partial charge >= 0.3 is 0 Å². The molecule has 1 heterocycles. The molecule has 1 atom stereocenters. The van der Waals surface area contributed by atoms with Crippen LogP contribution in [-0.2, 0) is 9.59 Å². The summed E-state index contributed by atoms with van der Waals surface area (Å²) in [5.74, 6) is -0.269. The van der Waals surface area contributed by atoms with E-state index in [0.717, 1.165) is 16.9 Å². The van der Waals surface area contributed by atoms with E-state index < -0.39 is 5.25 Å². The van der Waals surface area contributed by atoms with Crippen molar-refractivity contribution in [2.24, 2.45) is 4.99 Å². The molecule has 0 bridgehead atoms. The van der Waals surface area contributed by atoms with Gasteiger partial charge in [-0.2, -0.15) is 0 Å². The number of amidine groups is 1. The summed E-state index contributed by atoms with van der Waals surface area (Å²) in [4.78, 5) is 30.7. The Labute approximate surface area is 151 Å². The number of aliphatic imine (C=N–C) groups is 1. The van der Waals surface area contributed by atoms with Crippen LogP contribution in [0.2, 0.25) is 0 Å². The van der Waals surface area contributed by atoms with Crippen molar-refractivity contribution in [2.45, 2.75) is 18.6 Å². The highest BCUT2D eigenvalue weighted by molar-refractivity contribution is 8.15. The number of aryl methyl sites for hydroxylation is 1. The zero-order chi connectivity index (χ0) is 17.8. The normalized spacial score (nSPS) is 18.6. The third-order valence-electron chi connectivity index (χ3n) is 3.91. The number of thioether (sulfide) groups is 1. The van der Waals surface area contributed by atoms with E-state index in [1.54, 1.807) is 7.05 Å². The fourth-order valence-electron chi connectivity index (χ4n) is 2.49. The van der Waals surface area contributed by atoms with Gasteiger partial charge in [0.2, 0.25) is 11.8 Å². The second kappa shape index (κ2) is 7.53. The quantitative estimate of drug-likeness (QED) is 0.914. The lowest BCUT2D eigenvalue weighted by atomic mass is 10.2. The minimum atomic E-state index is -0.448. The van der Waals surface area contributed by atoms with Gasteiger partial charge < -0.3 is 5.32 Å². The highest BCUT2D eigenvalue weighted by Crippen LogP contribution is 2.30. The van der Waals surface area contributed by atoms with Gasteiger partial charge in [-0.1, -0.05) is 48.2 Å². The van der Waals surface area contributed by atoms with Crippen LogP contribution in [0.3, 0.4) is 0 Å². The maximum atomic E-state index is 12.4. The zero-order valence-corrected chi connectivity index (χ0v) is 14.9. The Kier molecular flexibility index (Phi) is 5.19. The number of amides is 2. The SMILES string of the molecule is Cc1ccccc1NC(=O)CC1SC(=Nc2ccccc2)N(C)C1=O. The molecule has 1 fully saturated rings. The van der Waals surface area contributed by atoms with Gasteiger partial charge in [0.25, 0.3) is 0 Å². The highest BCUT2D eigenvalue weighted by Gasteiger charge is 2.37. The lowest BCUT2D eigenvalue weighted by Crippen LogP contribution is -2.30. The molecule has 0 radical (unpaired) electrons. The van der Waals surface area contributed by atoms with Crippen LogP contribution in [0.25, 0.3) is 0 Å². The maximum absolute atomic E-state index is 12.4. The summed E-state index contributed by atoms with van der Waals surface area (Å²) in [6, 6.07) is 17.0. The Balaban J connectivity index is 1.67. The van der Waals surface area contributed by atoms with Crippen molar-refractivity contribution >= 4 is 40.1 Å². The molecule has 1 unspecified atom stereocenters. The molecule has 2 aromatic rings. The first kappa shape index (κ1) is 17.2. The second-order valence-electron chi connectivity index (χ2n) is 5.80. The summed E-state index contributed by atoms with van der Waals surface area (Å²) in [5.41, 5.74) is 2.55. The maximum Gasteiger partial charge on any atom is 0.242 e. The van der Waals surface area contributed by atoms with E-state index in [4.69, 9.17) is 0 Å². The molecule has 3 rings (SSSR count). The van der Waals surface area contributed by atoms with Crippen LogP contribution in [0.15, 0.2) is 59.6 Å². The van der Waals surface area contributed by atoms with Crippen LogP contribution in [0.4, 0.5) is 11.4 Å². The van der Waals surface area contributed by atoms with Gasteiger partial charge in [0.1, 0.15) is 5.25 Å². The Morgan fingerprint density at radius 3 is 2.56 bits per heavy atom. The number of anilines is 1. The summed E-state index contributed by atoms with van der Waals surface area (Å²) >= 11 is 1.33. The van der Waals surface area contributed by atoms with Crippen molar-refractivity contribution in [3.63, 3.8) is 0 Å². The van der Waals surface area contributed by atoms with Gasteiger partial charge in [0, 0.05) is 19.2 Å². The Morgan fingerprint density at radius 1 is 1.16 bits per heavy atom. The third kappa shape index (κ3) is 4.09. The molecule has 2 aromatic carbocycles. The van der Waals surface area contributed by atoms with Crippen LogP contribution in [-0.4, -0.2) is 34.2 Å². The van der Waals surface area contributed by atoms with E-state index in [-0.39, 0.29) is 18.2 Å². The molecule has 1 saturated heterocycles. The molecule has 0 aromatic heterocycles. The molecule has 2 amide bonds. The van der Waals surface area contributed by atoms with Crippen molar-refractivity contribution < 1.29 is 9.59 Å². The van der Waals surface area contributed by atoms with Crippen LogP contribution in [0.1, 0.15) is 12.0 Å². The monoisotopic (exact) mass is 353 g/mol. The number of para-hydroxylation sites is 2. The van der Waals surface area contributed by atoms with Gasteiger partial charge in [-0.15, -0.1) is 0 Å². The van der Waals surface area contributed by atoms with Gasteiger partial charge in [-0.05, 0) is 30.7 Å². The fraction of sp³-hybridized carbons (Fsp3) is 0.211. The molecule has 1 N–H and O–H groups in total. The number of carbonyl (C=O) groups excluding carboxylic acids is 2. The van der Waals surface area contributed by atoms with E-state index in [2.05, 4.69) is 10.3 Å². The highest BCUT2D eigenvalue weighted by atomic mass is 32.2. The Hall–Kier alpha value is -2.60. The predicted molar refractivity (Wildman–Crippen MR) is 102 cm³/mol. The minimum absolute atomic E-state index is 0.0976. The summed E-state index contributed by atoms with van der Waals surface area (Å²) in [6.07, 6.45) is 0.121. The summed E-state index contributed by atoms with van der Waals surface area (Å²) < 4.78 is 0. The van der Waals surface area contributed by atoms with Crippen LogP contribution in [0.5, 0.6) is 0 Å². The third-order valence-corrected chi connectivity index (χ3v) is 5.14. The van der Waals surface area contributed by atoms with Crippen LogP contribution < -0.4 is 5.32 Å². The number of carbonyl (C=O) groups is 2. The van der Waals surface area contributed by atoms with Gasteiger partial charge in [0.05, 0.1) is 5.69 Å². The van der Waals surface area contributed by atoms with E-state index in [1.807, 2.05) is 61.5 Å². The standard InChI is InChI=1S/C19H19N3O2S/c1-13-8-6-7-11-15(13)21-17(23)12-16-18(24)22(2)19(25-16)20-14-9-4-3-5-10-14/h3-11,16H,12H2,1-2H3,(H,21,23). The number of nitrogens with one attached hydrogen (secondary N) is 1. The van der Waals surface area contributed by atoms with E-state index in [0.29, 0.717) is 5.17 Å². The van der Waals surface area contributed by atoms with Crippen molar-refractivity contribution in [1.29, 1.82) is 0 Å². The Morgan fingerprint density at radius 2 is 1.84 bits per heavy atom. The topological polar surface area (TPSA) is 61.8 Å². The molecule has 5 nitrogen and oxygen atoms in total. The minimum Gasteiger partial charge on any atom is -0.326 e. The van der Waals surface area contributed by atoms with Crippen molar-refractivity contribution in [2.75, 3.05) is 12.4 Å². The number of hydrogen-bond donors (Lipinski definition) is 1. The lowest BCUT2D eigenvalue weighted by molar-refractivity contribution is -0.127. The molecule has 0 aliphatic carbocycles. The molecule has 0 spiro atoms. The first-order valence-electron chi connectivity index (χ1n) is 7.98. The van der Waals surface area contributed by atoms with Gasteiger partial charge in [-0.25, -0.2) is 4.99 Å². The summed E-state index contributed by atoms with van der Waals surface area (Å²) in [5, 5.41) is 3.04. The first-order chi connectivity index (χ1) is 12.0. The van der Waals surface area contributed by atoms with Crippen molar-refractivity contribution in [1.82, 2.24) is 4.90 Å². The average molecular weight is 353 g/mol. The van der Waals surface area contributed by atoms with E-state index >= 15 is 0 Å². The number of hydrogen-bond acceptors (Lipinski definition) is 4. The predicted octanol–water partition coefficient (Wildman–Crippen LogP) is 3.59. The fourth-order valence-corrected chi connectivity index (χ4v) is 3.65. The lowest BCUT2D eigenvalue weighted by Gasteiger charge is -2.10. The molecule has 0 saturated carbocycles. The first-order valence-corrected chi connectivity index (χ1v) is 8.86. The smallest absolute Gasteiger partial charge is 0.242 e. The molecule has 1 aliphatic rings. The van der Waals surface area contributed by atoms with E-state index in [9.17, 15) is 9.59 Å². The van der Waals surface area contributed by atoms with Crippen LogP contribution in [0, 0.1) is 6.92 Å². The van der Waals surface area contributed by atoms with E-state index in [1.165, 1.54) is 16.7 Å². The van der Waals surface area contributed by atoms with Crippen LogP contribution >= 0.6 is 11.8 Å². The molecule has 6 heteroatoms. The zero-order valence-electron chi connectivity index (χ0n) is 14.1. The average Bonchev–Trinajstić information content (AvgIpc) is 2.86. The number of rotatable bonds is 4. The molecule has 128 valence electrons. The van der Waals surface area contributed by atoms with Gasteiger partial charge in [0.15, 0.2) is 5.17 Å². The molecular formula is C19H19N3O2S. The Bertz CT molecular complexity index is 820.